The van der Waals surface area contributed by atoms with Gasteiger partial charge in [-0.05, 0) is 30.0 Å². The Kier molecular flexibility index (Phi) is 7.06. The number of halogens is 2. The van der Waals surface area contributed by atoms with Crippen molar-refractivity contribution >= 4 is 21.6 Å². The molecule has 0 bridgehead atoms. The van der Waals surface area contributed by atoms with Gasteiger partial charge < -0.3 is 9.84 Å². The maximum absolute atomic E-state index is 13.7. The van der Waals surface area contributed by atoms with Crippen LogP contribution in [-0.2, 0) is 26.8 Å². The molecular weight excluding hydrogens is 466 g/mol. The molecule has 1 N–H and O–H groups in total. The van der Waals surface area contributed by atoms with E-state index in [0.717, 1.165) is 35.6 Å². The standard InChI is InChI=1S/C23H26F2N4O4S/c1-14(29(34(5,31)32)17-10-11-18(24)19(25)12-17)22(30)26-13-20-27-21(28-33-20)15-6-8-16(9-7-15)23(2,3)4/h6-12,14H,13H2,1-5H3,(H,26,30)/t14-/m1/s1. The Bertz CT molecular complexity index is 1290. The number of rotatable bonds is 7. The Morgan fingerprint density at radius 3 is 2.32 bits per heavy atom. The Morgan fingerprint density at radius 1 is 1.12 bits per heavy atom. The van der Waals surface area contributed by atoms with E-state index >= 15 is 0 Å². The number of benzene rings is 2. The SMILES string of the molecule is C[C@H](C(=O)NCc1nc(-c2ccc(C(C)(C)C)cc2)no1)N(c1ccc(F)c(F)c1)S(C)(=O)=O. The maximum atomic E-state index is 13.7. The van der Waals surface area contributed by atoms with Gasteiger partial charge in [-0.15, -0.1) is 0 Å². The van der Waals surface area contributed by atoms with Gasteiger partial charge in [-0.25, -0.2) is 17.2 Å². The number of aromatic nitrogens is 2. The molecule has 0 saturated carbocycles. The molecule has 8 nitrogen and oxygen atoms in total. The van der Waals surface area contributed by atoms with Gasteiger partial charge in [0.25, 0.3) is 0 Å². The first kappa shape index (κ1) is 25.3. The van der Waals surface area contributed by atoms with E-state index in [9.17, 15) is 22.0 Å². The van der Waals surface area contributed by atoms with Crippen molar-refractivity contribution in [1.82, 2.24) is 15.5 Å². The number of nitrogens with one attached hydrogen (secondary N) is 1. The van der Waals surface area contributed by atoms with Gasteiger partial charge in [-0.2, -0.15) is 4.98 Å². The maximum Gasteiger partial charge on any atom is 0.246 e. The summed E-state index contributed by atoms with van der Waals surface area (Å²) in [5, 5.41) is 6.45. The van der Waals surface area contributed by atoms with Crippen LogP contribution in [0.1, 0.15) is 39.1 Å². The zero-order valence-electron chi connectivity index (χ0n) is 19.5. The number of carbonyl (C=O) groups excluding carboxylic acids is 1. The topological polar surface area (TPSA) is 105 Å². The van der Waals surface area contributed by atoms with Crippen LogP contribution in [-0.4, -0.2) is 36.8 Å². The molecular formula is C23H26F2N4O4S. The lowest BCUT2D eigenvalue weighted by Crippen LogP contribution is -2.47. The van der Waals surface area contributed by atoms with Gasteiger partial charge in [0.15, 0.2) is 11.6 Å². The van der Waals surface area contributed by atoms with Crippen molar-refractivity contribution in [2.24, 2.45) is 0 Å². The number of anilines is 1. The fourth-order valence-corrected chi connectivity index (χ4v) is 4.47. The zero-order chi connectivity index (χ0) is 25.3. The Labute approximate surface area is 197 Å². The molecule has 3 aromatic rings. The molecule has 0 aliphatic rings. The Hall–Kier alpha value is -3.34. The van der Waals surface area contributed by atoms with Gasteiger partial charge in [0.05, 0.1) is 18.5 Å². The van der Waals surface area contributed by atoms with Crippen LogP contribution in [0, 0.1) is 11.6 Å². The number of hydrogen-bond donors (Lipinski definition) is 1. The molecule has 1 amide bonds. The molecule has 0 fully saturated rings. The second kappa shape index (κ2) is 9.49. The monoisotopic (exact) mass is 492 g/mol. The summed E-state index contributed by atoms with van der Waals surface area (Å²) in [6.07, 6.45) is 0.868. The summed E-state index contributed by atoms with van der Waals surface area (Å²) in [6.45, 7) is 7.50. The molecule has 1 heterocycles. The molecule has 0 radical (unpaired) electrons. The molecule has 0 spiro atoms. The van der Waals surface area contributed by atoms with Crippen LogP contribution < -0.4 is 9.62 Å². The van der Waals surface area contributed by atoms with E-state index in [1.807, 2.05) is 24.3 Å². The van der Waals surface area contributed by atoms with Crippen LogP contribution in [0.5, 0.6) is 0 Å². The summed E-state index contributed by atoms with van der Waals surface area (Å²) in [5.74, 6) is -2.59. The fourth-order valence-electron chi connectivity index (χ4n) is 3.30. The van der Waals surface area contributed by atoms with Crippen LogP contribution in [0.15, 0.2) is 47.0 Å². The molecule has 0 aliphatic heterocycles. The summed E-state index contributed by atoms with van der Waals surface area (Å²) in [6, 6.07) is 9.05. The van der Waals surface area contributed by atoms with Gasteiger partial charge >= 0.3 is 0 Å². The van der Waals surface area contributed by atoms with E-state index in [1.54, 1.807) is 0 Å². The highest BCUT2D eigenvalue weighted by atomic mass is 32.2. The smallest absolute Gasteiger partial charge is 0.246 e. The van der Waals surface area contributed by atoms with E-state index < -0.39 is 33.6 Å². The van der Waals surface area contributed by atoms with E-state index in [0.29, 0.717) is 10.1 Å². The van der Waals surface area contributed by atoms with E-state index in [2.05, 4.69) is 36.2 Å². The van der Waals surface area contributed by atoms with Crippen molar-refractivity contribution in [2.75, 3.05) is 10.6 Å². The van der Waals surface area contributed by atoms with E-state index in [-0.39, 0.29) is 23.5 Å². The second-order valence-electron chi connectivity index (χ2n) is 8.89. The van der Waals surface area contributed by atoms with E-state index in [4.69, 9.17) is 4.52 Å². The summed E-state index contributed by atoms with van der Waals surface area (Å²) < 4.78 is 57.4. The summed E-state index contributed by atoms with van der Waals surface area (Å²) in [7, 11) is -3.99. The summed E-state index contributed by atoms with van der Waals surface area (Å²) >= 11 is 0. The molecule has 1 aromatic heterocycles. The Morgan fingerprint density at radius 2 is 1.76 bits per heavy atom. The zero-order valence-corrected chi connectivity index (χ0v) is 20.3. The third kappa shape index (κ3) is 5.77. The van der Waals surface area contributed by atoms with Gasteiger partial charge in [0.2, 0.25) is 27.6 Å². The average Bonchev–Trinajstić information content (AvgIpc) is 3.22. The third-order valence-electron chi connectivity index (χ3n) is 5.14. The van der Waals surface area contributed by atoms with Crippen molar-refractivity contribution < 1.29 is 26.5 Å². The number of carbonyl (C=O) groups is 1. The van der Waals surface area contributed by atoms with Crippen molar-refractivity contribution in [1.29, 1.82) is 0 Å². The lowest BCUT2D eigenvalue weighted by Gasteiger charge is -2.28. The van der Waals surface area contributed by atoms with Gasteiger partial charge in [0.1, 0.15) is 6.04 Å². The van der Waals surface area contributed by atoms with Crippen LogP contribution in [0.2, 0.25) is 0 Å². The van der Waals surface area contributed by atoms with Crippen LogP contribution in [0.3, 0.4) is 0 Å². The average molecular weight is 493 g/mol. The van der Waals surface area contributed by atoms with Crippen molar-refractivity contribution in [3.8, 4) is 11.4 Å². The minimum Gasteiger partial charge on any atom is -0.345 e. The highest BCUT2D eigenvalue weighted by Crippen LogP contribution is 2.25. The largest absolute Gasteiger partial charge is 0.345 e. The van der Waals surface area contributed by atoms with Crippen LogP contribution in [0.4, 0.5) is 14.5 Å². The molecule has 2 aromatic carbocycles. The molecule has 0 saturated heterocycles. The molecule has 3 rings (SSSR count). The van der Waals surface area contributed by atoms with Crippen molar-refractivity contribution in [3.63, 3.8) is 0 Å². The van der Waals surface area contributed by atoms with Crippen LogP contribution in [0.25, 0.3) is 11.4 Å². The van der Waals surface area contributed by atoms with Gasteiger partial charge in [-0.3, -0.25) is 9.10 Å². The lowest BCUT2D eigenvalue weighted by molar-refractivity contribution is -0.122. The predicted molar refractivity (Wildman–Crippen MR) is 123 cm³/mol. The molecule has 182 valence electrons. The summed E-state index contributed by atoms with van der Waals surface area (Å²) in [4.78, 5) is 16.9. The minimum absolute atomic E-state index is 0.00144. The van der Waals surface area contributed by atoms with Gasteiger partial charge in [-0.1, -0.05) is 50.2 Å². The first-order valence-corrected chi connectivity index (χ1v) is 12.3. The molecule has 34 heavy (non-hydrogen) atoms. The van der Waals surface area contributed by atoms with Crippen LogP contribution >= 0.6 is 0 Å². The Balaban J connectivity index is 1.71. The first-order valence-electron chi connectivity index (χ1n) is 10.4. The number of amides is 1. The minimum atomic E-state index is -3.99. The first-order chi connectivity index (χ1) is 15.8. The number of nitrogens with zero attached hydrogens (tertiary/aromatic N) is 3. The molecule has 11 heteroatoms. The molecule has 1 atom stereocenters. The van der Waals surface area contributed by atoms with Gasteiger partial charge in [0, 0.05) is 11.6 Å². The normalized spacial score (nSPS) is 12.9. The predicted octanol–water partition coefficient (Wildman–Crippen LogP) is 3.78. The third-order valence-corrected chi connectivity index (χ3v) is 6.38. The van der Waals surface area contributed by atoms with E-state index in [1.165, 1.54) is 6.92 Å². The molecule has 0 aliphatic carbocycles. The second-order valence-corrected chi connectivity index (χ2v) is 10.7. The van der Waals surface area contributed by atoms with Crippen molar-refractivity contribution in [3.05, 3.63) is 65.6 Å². The highest BCUT2D eigenvalue weighted by molar-refractivity contribution is 7.92. The van der Waals surface area contributed by atoms with Crippen molar-refractivity contribution in [2.45, 2.75) is 45.7 Å². The fraction of sp³-hybridized carbons (Fsp3) is 0.348. The quantitative estimate of drug-likeness (QED) is 0.538. The summed E-state index contributed by atoms with van der Waals surface area (Å²) in [5.41, 5.74) is 1.71. The highest BCUT2D eigenvalue weighted by Gasteiger charge is 2.30. The number of hydrogen-bond acceptors (Lipinski definition) is 6. The number of sulfonamides is 1. The lowest BCUT2D eigenvalue weighted by atomic mass is 9.87. The molecule has 0 unspecified atom stereocenters.